The SMILES string of the molecule is CCC[C@@H](NC(=O)[C@@H]1[C@@H](C)[C@H](C)CN1C(=O)[C@@H](NC(=O)OCC(C)C)C1CCCCC1)C(=O)C(=O)NCC(=O)NC(C(=O)N(C)C)c1ccccc1. The number of carbonyl (C=O) groups is 7. The van der Waals surface area contributed by atoms with Crippen molar-refractivity contribution >= 4 is 41.4 Å². The van der Waals surface area contributed by atoms with Gasteiger partial charge in [0, 0.05) is 20.6 Å². The van der Waals surface area contributed by atoms with Gasteiger partial charge in [-0.15, -0.1) is 0 Å². The minimum atomic E-state index is -1.20. The van der Waals surface area contributed by atoms with Crippen LogP contribution in [0.1, 0.15) is 91.2 Å². The summed E-state index contributed by atoms with van der Waals surface area (Å²) in [6.45, 7) is 9.37. The molecule has 0 spiro atoms. The lowest BCUT2D eigenvalue weighted by Crippen LogP contribution is -2.59. The first-order valence-electron chi connectivity index (χ1n) is 18.6. The summed E-state index contributed by atoms with van der Waals surface area (Å²) in [5.74, 6) is -4.31. The number of nitrogens with zero attached hydrogens (tertiary/aromatic N) is 2. The predicted octanol–water partition coefficient (Wildman–Crippen LogP) is 2.72. The van der Waals surface area contributed by atoms with E-state index < -0.39 is 60.3 Å². The molecule has 0 aromatic heterocycles. The van der Waals surface area contributed by atoms with E-state index in [4.69, 9.17) is 4.74 Å². The van der Waals surface area contributed by atoms with Gasteiger partial charge in [-0.1, -0.05) is 90.6 Å². The Kier molecular flexibility index (Phi) is 16.1. The van der Waals surface area contributed by atoms with Gasteiger partial charge in [0.1, 0.15) is 18.1 Å². The number of rotatable bonds is 16. The van der Waals surface area contributed by atoms with Crippen molar-refractivity contribution in [3.8, 4) is 0 Å². The lowest BCUT2D eigenvalue weighted by molar-refractivity contribution is -0.144. The Morgan fingerprint density at radius 3 is 2.17 bits per heavy atom. The van der Waals surface area contributed by atoms with E-state index in [1.807, 2.05) is 27.7 Å². The standard InChI is InChI=1S/C38H58N6O8/c1-8-15-28(33(46)35(48)39-20-29(45)41-30(36(49)43(6)7)26-16-11-9-12-17-26)40-34(47)32-25(5)24(4)21-44(32)37(50)31(27-18-13-10-14-19-27)42-38(51)52-22-23(2)3/h9,11-12,16-17,23-25,27-28,30-32H,8,10,13-15,18-22H2,1-7H3,(H,39,48)(H,40,47)(H,41,45)(H,42,51)/t24-,25+,28-,30?,31+,32+/m1/s1. The third kappa shape index (κ3) is 11.5. The van der Waals surface area contributed by atoms with E-state index in [0.29, 0.717) is 12.0 Å². The normalized spacial score (nSPS) is 20.6. The zero-order valence-electron chi connectivity index (χ0n) is 31.7. The Hall–Kier alpha value is -4.49. The molecule has 14 nitrogen and oxygen atoms in total. The van der Waals surface area contributed by atoms with Crippen molar-refractivity contribution in [2.75, 3.05) is 33.8 Å². The van der Waals surface area contributed by atoms with Gasteiger partial charge in [-0.25, -0.2) is 4.79 Å². The van der Waals surface area contributed by atoms with Gasteiger partial charge in [0.25, 0.3) is 5.91 Å². The molecule has 2 fully saturated rings. The second-order valence-corrected chi connectivity index (χ2v) is 14.8. The molecule has 0 bridgehead atoms. The number of nitrogens with one attached hydrogen (secondary N) is 4. The van der Waals surface area contributed by atoms with Gasteiger partial charge < -0.3 is 35.8 Å². The van der Waals surface area contributed by atoms with Crippen molar-refractivity contribution in [2.45, 2.75) is 104 Å². The molecule has 288 valence electrons. The van der Waals surface area contributed by atoms with E-state index in [1.165, 1.54) is 9.80 Å². The third-order valence-electron chi connectivity index (χ3n) is 9.95. The number of likely N-dealkylation sites (tertiary alicyclic amines) is 1. The van der Waals surface area contributed by atoms with Crippen LogP contribution in [0, 0.1) is 23.7 Å². The van der Waals surface area contributed by atoms with Gasteiger partial charge in [-0.05, 0) is 48.5 Å². The second-order valence-electron chi connectivity index (χ2n) is 14.8. The van der Waals surface area contributed by atoms with Gasteiger partial charge in [-0.2, -0.15) is 0 Å². The predicted molar refractivity (Wildman–Crippen MR) is 194 cm³/mol. The first-order valence-corrected chi connectivity index (χ1v) is 18.6. The number of ether oxygens (including phenoxy) is 1. The molecular weight excluding hydrogens is 668 g/mol. The molecule has 1 aromatic rings. The first-order chi connectivity index (χ1) is 24.7. The zero-order valence-corrected chi connectivity index (χ0v) is 31.7. The van der Waals surface area contributed by atoms with Crippen molar-refractivity contribution in [3.63, 3.8) is 0 Å². The molecule has 1 unspecified atom stereocenters. The summed E-state index contributed by atoms with van der Waals surface area (Å²) in [6.07, 6.45) is 4.36. The zero-order chi connectivity index (χ0) is 38.5. The van der Waals surface area contributed by atoms with E-state index >= 15 is 0 Å². The van der Waals surface area contributed by atoms with Crippen LogP contribution in [0.25, 0.3) is 0 Å². The Morgan fingerprint density at radius 2 is 1.58 bits per heavy atom. The summed E-state index contributed by atoms with van der Waals surface area (Å²) >= 11 is 0. The van der Waals surface area contributed by atoms with Crippen LogP contribution in [0.3, 0.4) is 0 Å². The fourth-order valence-corrected chi connectivity index (χ4v) is 6.85. The van der Waals surface area contributed by atoms with Crippen molar-refractivity contribution in [3.05, 3.63) is 35.9 Å². The van der Waals surface area contributed by atoms with Gasteiger partial charge in [0.2, 0.25) is 29.4 Å². The number of amides is 6. The average molecular weight is 727 g/mol. The van der Waals surface area contributed by atoms with Crippen LogP contribution in [0.2, 0.25) is 0 Å². The molecule has 14 heteroatoms. The molecule has 4 N–H and O–H groups in total. The van der Waals surface area contributed by atoms with Crippen LogP contribution < -0.4 is 21.3 Å². The summed E-state index contributed by atoms with van der Waals surface area (Å²) in [5.41, 5.74) is 0.553. The summed E-state index contributed by atoms with van der Waals surface area (Å²) in [7, 11) is 3.12. The Morgan fingerprint density at radius 1 is 0.923 bits per heavy atom. The summed E-state index contributed by atoms with van der Waals surface area (Å²) in [6, 6.07) is 4.64. The smallest absolute Gasteiger partial charge is 0.407 e. The highest BCUT2D eigenvalue weighted by molar-refractivity contribution is 6.38. The Labute approximate surface area is 307 Å². The number of Topliss-reactive ketones (excluding diaryl/α,β-unsaturated/α-hetero) is 1. The lowest BCUT2D eigenvalue weighted by Gasteiger charge is -2.35. The van der Waals surface area contributed by atoms with Gasteiger partial charge in [0.05, 0.1) is 19.2 Å². The van der Waals surface area contributed by atoms with Gasteiger partial charge in [0.15, 0.2) is 0 Å². The highest BCUT2D eigenvalue weighted by Crippen LogP contribution is 2.33. The number of alkyl carbamates (subject to hydrolysis) is 1. The van der Waals surface area contributed by atoms with Crippen LogP contribution >= 0.6 is 0 Å². The minimum Gasteiger partial charge on any atom is -0.449 e. The van der Waals surface area contributed by atoms with Crippen LogP contribution in [0.15, 0.2) is 30.3 Å². The van der Waals surface area contributed by atoms with Crippen LogP contribution in [-0.4, -0.2) is 103 Å². The molecule has 52 heavy (non-hydrogen) atoms. The molecule has 1 aromatic carbocycles. The molecule has 1 saturated carbocycles. The average Bonchev–Trinajstić information content (AvgIpc) is 3.43. The van der Waals surface area contributed by atoms with E-state index in [0.717, 1.165) is 32.1 Å². The number of ketones is 1. The van der Waals surface area contributed by atoms with E-state index in [1.54, 1.807) is 51.4 Å². The second kappa shape index (κ2) is 19.9. The van der Waals surface area contributed by atoms with Crippen molar-refractivity contribution in [1.29, 1.82) is 0 Å². The van der Waals surface area contributed by atoms with E-state index in [9.17, 15) is 33.6 Å². The Bertz CT molecular complexity index is 1410. The topological polar surface area (TPSA) is 183 Å². The third-order valence-corrected chi connectivity index (χ3v) is 9.95. The number of hydrogen-bond donors (Lipinski definition) is 4. The maximum atomic E-state index is 14.3. The summed E-state index contributed by atoms with van der Waals surface area (Å²) in [5, 5.41) is 10.5. The highest BCUT2D eigenvalue weighted by atomic mass is 16.5. The van der Waals surface area contributed by atoms with Gasteiger partial charge >= 0.3 is 6.09 Å². The maximum Gasteiger partial charge on any atom is 0.407 e. The molecular formula is C38H58N6O8. The molecule has 1 aliphatic carbocycles. The Balaban J connectivity index is 1.71. The fourth-order valence-electron chi connectivity index (χ4n) is 6.85. The molecule has 1 heterocycles. The fraction of sp³-hybridized carbons (Fsp3) is 0.658. The van der Waals surface area contributed by atoms with Crippen molar-refractivity contribution in [1.82, 2.24) is 31.1 Å². The molecule has 2 aliphatic rings. The van der Waals surface area contributed by atoms with Gasteiger partial charge in [-0.3, -0.25) is 28.8 Å². The monoisotopic (exact) mass is 726 g/mol. The van der Waals surface area contributed by atoms with Crippen molar-refractivity contribution < 1.29 is 38.3 Å². The number of likely N-dealkylation sites (N-methyl/N-ethyl adjacent to an activating group) is 1. The van der Waals surface area contributed by atoms with Crippen molar-refractivity contribution in [2.24, 2.45) is 23.7 Å². The maximum absolute atomic E-state index is 14.3. The summed E-state index contributed by atoms with van der Waals surface area (Å²) in [4.78, 5) is 95.9. The lowest BCUT2D eigenvalue weighted by atomic mass is 9.83. The molecule has 6 atom stereocenters. The van der Waals surface area contributed by atoms with Crippen LogP contribution in [-0.2, 0) is 33.5 Å². The number of hydrogen-bond acceptors (Lipinski definition) is 8. The van der Waals surface area contributed by atoms with Crippen LogP contribution in [0.5, 0.6) is 0 Å². The number of carbonyl (C=O) groups excluding carboxylic acids is 7. The summed E-state index contributed by atoms with van der Waals surface area (Å²) < 4.78 is 5.36. The van der Waals surface area contributed by atoms with E-state index in [-0.39, 0.29) is 55.1 Å². The van der Waals surface area contributed by atoms with E-state index in [2.05, 4.69) is 21.3 Å². The minimum absolute atomic E-state index is 0.0548. The quantitative estimate of drug-likeness (QED) is 0.188. The van der Waals surface area contributed by atoms with Crippen LogP contribution in [0.4, 0.5) is 4.79 Å². The molecule has 3 rings (SSSR count). The molecule has 0 radical (unpaired) electrons. The largest absolute Gasteiger partial charge is 0.449 e. The molecule has 6 amide bonds. The highest BCUT2D eigenvalue weighted by Gasteiger charge is 2.47. The first kappa shape index (κ1) is 41.9. The number of benzene rings is 1. The molecule has 1 saturated heterocycles. The molecule has 1 aliphatic heterocycles.